The molecule has 0 saturated carbocycles. The normalized spacial score (nSPS) is 25.6. The van der Waals surface area contributed by atoms with Gasteiger partial charge in [-0.25, -0.2) is 15.6 Å². The summed E-state index contributed by atoms with van der Waals surface area (Å²) in [4.78, 5) is 17.4. The molecule has 1 fully saturated rings. The van der Waals surface area contributed by atoms with Crippen LogP contribution in [0.3, 0.4) is 0 Å². The lowest BCUT2D eigenvalue weighted by Gasteiger charge is -2.31. The van der Waals surface area contributed by atoms with Crippen LogP contribution in [0.1, 0.15) is 11.1 Å². The molecule has 2 atom stereocenters. The van der Waals surface area contributed by atoms with Gasteiger partial charge in [0.25, 0.3) is 0 Å². The van der Waals surface area contributed by atoms with Crippen LogP contribution < -0.4 is 5.84 Å². The van der Waals surface area contributed by atoms with Crippen molar-refractivity contribution in [2.24, 2.45) is 11.0 Å². The fourth-order valence-corrected chi connectivity index (χ4v) is 3.09. The second-order valence-electron chi connectivity index (χ2n) is 5.58. The van der Waals surface area contributed by atoms with Gasteiger partial charge in [-0.1, -0.05) is 65.8 Å². The van der Waals surface area contributed by atoms with Crippen molar-refractivity contribution < 1.29 is 14.4 Å². The molecule has 1 saturated heterocycles. The summed E-state index contributed by atoms with van der Waals surface area (Å²) in [6.07, 6.45) is -1.02. The second-order valence-corrected chi connectivity index (χ2v) is 5.58. The van der Waals surface area contributed by atoms with Crippen molar-refractivity contribution >= 4 is 11.8 Å². The molecule has 6 heteroatoms. The van der Waals surface area contributed by atoms with Crippen LogP contribution in [0.15, 0.2) is 65.8 Å². The van der Waals surface area contributed by atoms with Gasteiger partial charge < -0.3 is 9.57 Å². The zero-order valence-electron chi connectivity index (χ0n) is 12.3. The molecule has 2 aliphatic rings. The van der Waals surface area contributed by atoms with E-state index in [0.29, 0.717) is 12.1 Å². The number of nitrogens with two attached hydrogens (primary N) is 1. The molecule has 6 nitrogen and oxygen atoms in total. The van der Waals surface area contributed by atoms with Gasteiger partial charge in [0.15, 0.2) is 5.54 Å². The lowest BCUT2D eigenvalue weighted by Crippen LogP contribution is -2.59. The van der Waals surface area contributed by atoms with Crippen molar-refractivity contribution in [1.29, 1.82) is 0 Å². The topological polar surface area (TPSA) is 77.2 Å². The smallest absolute Gasteiger partial charge is 0.403 e. The number of ether oxygens (including phenoxy) is 1. The highest BCUT2D eigenvalue weighted by Crippen LogP contribution is 2.40. The van der Waals surface area contributed by atoms with Crippen LogP contribution >= 0.6 is 0 Å². The Morgan fingerprint density at radius 1 is 1.09 bits per heavy atom. The summed E-state index contributed by atoms with van der Waals surface area (Å²) in [5.74, 6) is 6.07. The number of hydrogen-bond acceptors (Lipinski definition) is 5. The van der Waals surface area contributed by atoms with Crippen molar-refractivity contribution in [2.75, 3.05) is 0 Å². The third-order valence-electron chi connectivity index (χ3n) is 4.24. The van der Waals surface area contributed by atoms with Crippen LogP contribution in [0.25, 0.3) is 0 Å². The van der Waals surface area contributed by atoms with Gasteiger partial charge in [-0.2, -0.15) is 0 Å². The largest absolute Gasteiger partial charge is 0.428 e. The number of amides is 1. The minimum atomic E-state index is -0.972. The standard InChI is InChI=1S/C17H15N3O3/c18-20-16(21)22-15-17(20,11-12-7-3-1-4-8-12)14(19-23-15)13-9-5-2-6-10-13/h1-10,15H,11,18H2/t15-,17+/m1/s1. The predicted octanol–water partition coefficient (Wildman–Crippen LogP) is 2.05. The van der Waals surface area contributed by atoms with Gasteiger partial charge in [-0.3, -0.25) is 0 Å². The molecule has 0 aromatic heterocycles. The Balaban J connectivity index is 1.82. The van der Waals surface area contributed by atoms with Gasteiger partial charge in [0.1, 0.15) is 5.71 Å². The molecule has 2 aromatic rings. The maximum Gasteiger partial charge on any atom is 0.428 e. The number of oxime groups is 1. The molecule has 0 radical (unpaired) electrons. The van der Waals surface area contributed by atoms with Gasteiger partial charge in [-0.05, 0) is 5.56 Å². The number of nitrogens with zero attached hydrogens (tertiary/aromatic N) is 2. The fourth-order valence-electron chi connectivity index (χ4n) is 3.09. The van der Waals surface area contributed by atoms with Crippen molar-refractivity contribution in [1.82, 2.24) is 5.01 Å². The first kappa shape index (κ1) is 13.8. The second kappa shape index (κ2) is 5.10. The van der Waals surface area contributed by atoms with Crippen LogP contribution in [0.4, 0.5) is 4.79 Å². The Bertz CT molecular complexity index is 763. The number of fused-ring (bicyclic) bond motifs is 1. The molecule has 0 unspecified atom stereocenters. The van der Waals surface area contributed by atoms with Crippen molar-refractivity contribution in [3.05, 3.63) is 71.8 Å². The van der Waals surface area contributed by atoms with Crippen LogP contribution in [-0.2, 0) is 16.0 Å². The van der Waals surface area contributed by atoms with Gasteiger partial charge >= 0.3 is 12.4 Å². The number of hydrazine groups is 1. The van der Waals surface area contributed by atoms with Crippen molar-refractivity contribution in [3.63, 3.8) is 0 Å². The van der Waals surface area contributed by atoms with Crippen LogP contribution in [-0.4, -0.2) is 28.6 Å². The van der Waals surface area contributed by atoms with E-state index in [1.807, 2.05) is 60.7 Å². The summed E-state index contributed by atoms with van der Waals surface area (Å²) in [5, 5.41) is 5.26. The third kappa shape index (κ3) is 1.99. The van der Waals surface area contributed by atoms with Gasteiger partial charge in [0.2, 0.25) is 0 Å². The highest BCUT2D eigenvalue weighted by atomic mass is 16.8. The maximum absolute atomic E-state index is 12.0. The summed E-state index contributed by atoms with van der Waals surface area (Å²) in [6.45, 7) is 0. The molecule has 116 valence electrons. The zero-order chi connectivity index (χ0) is 15.9. The highest BCUT2D eigenvalue weighted by Gasteiger charge is 2.63. The SMILES string of the molecule is NN1C(=O)O[C@@H]2ON=C(c3ccccc3)[C@@]21Cc1ccccc1. The van der Waals surface area contributed by atoms with E-state index in [1.165, 1.54) is 0 Å². The Morgan fingerprint density at radius 2 is 1.74 bits per heavy atom. The van der Waals surface area contributed by atoms with Crippen LogP contribution in [0, 0.1) is 0 Å². The predicted molar refractivity (Wildman–Crippen MR) is 83.2 cm³/mol. The Morgan fingerprint density at radius 3 is 2.43 bits per heavy atom. The summed E-state index contributed by atoms with van der Waals surface area (Å²) in [7, 11) is 0. The number of rotatable bonds is 3. The van der Waals surface area contributed by atoms with E-state index in [4.69, 9.17) is 15.4 Å². The number of benzene rings is 2. The molecular formula is C17H15N3O3. The minimum Gasteiger partial charge on any atom is -0.403 e. The highest BCUT2D eigenvalue weighted by molar-refractivity contribution is 6.10. The monoisotopic (exact) mass is 309 g/mol. The first-order chi connectivity index (χ1) is 11.2. The lowest BCUT2D eigenvalue weighted by molar-refractivity contribution is -0.0886. The molecule has 1 amide bonds. The molecule has 4 rings (SSSR count). The summed E-state index contributed by atoms with van der Waals surface area (Å²) >= 11 is 0. The molecule has 2 aromatic carbocycles. The molecule has 0 bridgehead atoms. The quantitative estimate of drug-likeness (QED) is 0.695. The zero-order valence-corrected chi connectivity index (χ0v) is 12.3. The van der Waals surface area contributed by atoms with E-state index in [1.54, 1.807) is 0 Å². The van der Waals surface area contributed by atoms with Gasteiger partial charge in [-0.15, -0.1) is 0 Å². The average molecular weight is 309 g/mol. The maximum atomic E-state index is 12.0. The van der Waals surface area contributed by atoms with E-state index in [-0.39, 0.29) is 0 Å². The fraction of sp³-hybridized carbons (Fsp3) is 0.176. The Kier molecular flexibility index (Phi) is 3.06. The first-order valence-electron chi connectivity index (χ1n) is 7.31. The summed E-state index contributed by atoms with van der Waals surface area (Å²) in [5.41, 5.74) is 1.49. The van der Waals surface area contributed by atoms with Crippen LogP contribution in [0.5, 0.6) is 0 Å². The average Bonchev–Trinajstić information content (AvgIpc) is 3.05. The molecule has 2 aliphatic heterocycles. The van der Waals surface area contributed by atoms with Gasteiger partial charge in [0, 0.05) is 12.0 Å². The third-order valence-corrected chi connectivity index (χ3v) is 4.24. The van der Waals surface area contributed by atoms with Crippen molar-refractivity contribution in [2.45, 2.75) is 18.2 Å². The molecule has 2 heterocycles. The van der Waals surface area contributed by atoms with Crippen LogP contribution in [0.2, 0.25) is 0 Å². The molecular weight excluding hydrogens is 294 g/mol. The number of carbonyl (C=O) groups is 1. The minimum absolute atomic E-state index is 0.453. The lowest BCUT2D eigenvalue weighted by atomic mass is 9.82. The molecule has 2 N–H and O–H groups in total. The van der Waals surface area contributed by atoms with E-state index in [2.05, 4.69) is 5.16 Å². The molecule has 0 spiro atoms. The van der Waals surface area contributed by atoms with E-state index >= 15 is 0 Å². The van der Waals surface area contributed by atoms with E-state index < -0.39 is 17.9 Å². The number of hydrogen-bond donors (Lipinski definition) is 1. The van der Waals surface area contributed by atoms with E-state index in [0.717, 1.165) is 16.1 Å². The molecule has 23 heavy (non-hydrogen) atoms. The van der Waals surface area contributed by atoms with E-state index in [9.17, 15) is 4.79 Å². The van der Waals surface area contributed by atoms with Gasteiger partial charge in [0.05, 0.1) is 0 Å². The summed E-state index contributed by atoms with van der Waals surface area (Å²) in [6, 6.07) is 19.3. The Labute approximate surface area is 133 Å². The number of carbonyl (C=O) groups excluding carboxylic acids is 1. The molecule has 0 aliphatic carbocycles. The Hall–Kier alpha value is -2.86. The summed E-state index contributed by atoms with van der Waals surface area (Å²) < 4.78 is 5.25. The van der Waals surface area contributed by atoms with Crippen molar-refractivity contribution in [3.8, 4) is 0 Å². The first-order valence-corrected chi connectivity index (χ1v) is 7.31.